The predicted molar refractivity (Wildman–Crippen MR) is 137 cm³/mol. The Morgan fingerprint density at radius 1 is 1.06 bits per heavy atom. The van der Waals surface area contributed by atoms with E-state index in [1.807, 2.05) is 0 Å². The van der Waals surface area contributed by atoms with Gasteiger partial charge < -0.3 is 10.1 Å². The molecule has 0 spiro atoms. The van der Waals surface area contributed by atoms with E-state index in [0.29, 0.717) is 23.7 Å². The van der Waals surface area contributed by atoms with Crippen LogP contribution in [0, 0.1) is 46.3 Å². The zero-order valence-corrected chi connectivity index (χ0v) is 23.1. The van der Waals surface area contributed by atoms with Gasteiger partial charge in [-0.2, -0.15) is 0 Å². The number of nitrogens with one attached hydrogen (secondary N) is 1. The fourth-order valence-corrected chi connectivity index (χ4v) is 9.28. The molecule has 0 heterocycles. The highest BCUT2D eigenvalue weighted by molar-refractivity contribution is 9.10. The zero-order valence-electron chi connectivity index (χ0n) is 21.5. The topological polar surface area (TPSA) is 46.2 Å². The van der Waals surface area contributed by atoms with Crippen molar-refractivity contribution in [1.29, 1.82) is 0 Å². The second kappa shape index (κ2) is 10.1. The Morgan fingerprint density at radius 3 is 2.41 bits per heavy atom. The van der Waals surface area contributed by atoms with Crippen molar-refractivity contribution in [2.75, 3.05) is 7.05 Å². The average Bonchev–Trinajstić information content (AvgIpc) is 3.11. The molecule has 3 saturated carbocycles. The molecule has 3 fully saturated rings. The molecule has 0 radical (unpaired) electrons. The van der Waals surface area contributed by atoms with Crippen LogP contribution in [0.3, 0.4) is 0 Å². The maximum atomic E-state index is 12.3. The minimum Gasteiger partial charge on any atom is -0.359 e. The molecule has 3 nitrogen and oxygen atoms in total. The molecule has 3 aliphatic rings. The third-order valence-corrected chi connectivity index (χ3v) is 12.1. The fraction of sp³-hybridized carbons (Fsp3) is 0.929. The van der Waals surface area contributed by atoms with E-state index in [9.17, 15) is 9.59 Å². The highest BCUT2D eigenvalue weighted by atomic mass is 79.9. The lowest BCUT2D eigenvalue weighted by atomic mass is 9.46. The molecule has 184 valence electrons. The van der Waals surface area contributed by atoms with E-state index >= 15 is 0 Å². The van der Waals surface area contributed by atoms with Gasteiger partial charge in [0.2, 0.25) is 5.91 Å². The molecule has 0 saturated heterocycles. The van der Waals surface area contributed by atoms with Gasteiger partial charge in [-0.05, 0) is 91.3 Å². The molecule has 1 N–H and O–H groups in total. The van der Waals surface area contributed by atoms with Gasteiger partial charge in [-0.3, -0.25) is 4.79 Å². The number of rotatable bonds is 9. The van der Waals surface area contributed by atoms with Crippen LogP contribution >= 0.6 is 15.9 Å². The fourth-order valence-electron chi connectivity index (χ4n) is 8.56. The predicted octanol–water partition coefficient (Wildman–Crippen LogP) is 7.17. The number of carbonyl (C=O) groups is 2. The lowest BCUT2D eigenvalue weighted by Crippen LogP contribution is -2.58. The summed E-state index contributed by atoms with van der Waals surface area (Å²) in [5, 5.41) is 2.78. The third kappa shape index (κ3) is 4.60. The molecule has 3 rings (SSSR count). The Balaban J connectivity index is 1.79. The molecular weight excluding hydrogens is 462 g/mol. The number of aldehydes is 1. The second-order valence-corrected chi connectivity index (χ2v) is 13.9. The van der Waals surface area contributed by atoms with Gasteiger partial charge in [0, 0.05) is 13.5 Å². The van der Waals surface area contributed by atoms with Crippen molar-refractivity contribution < 1.29 is 9.59 Å². The van der Waals surface area contributed by atoms with E-state index in [-0.39, 0.29) is 11.3 Å². The first-order valence-electron chi connectivity index (χ1n) is 13.4. The molecule has 0 bridgehead atoms. The van der Waals surface area contributed by atoms with Crippen LogP contribution in [0.25, 0.3) is 0 Å². The number of halogens is 1. The number of fused-ring (bicyclic) bond motifs is 3. The Hall–Kier alpha value is -0.380. The maximum Gasteiger partial charge on any atom is 0.219 e. The molecule has 1 amide bonds. The molecule has 8 atom stereocenters. The van der Waals surface area contributed by atoms with E-state index in [2.05, 4.69) is 55.9 Å². The summed E-state index contributed by atoms with van der Waals surface area (Å²) in [5.41, 5.74) is 0.292. The molecule has 3 aliphatic carbocycles. The second-order valence-electron chi connectivity index (χ2n) is 12.5. The van der Waals surface area contributed by atoms with Crippen molar-refractivity contribution in [1.82, 2.24) is 5.32 Å². The van der Waals surface area contributed by atoms with Gasteiger partial charge in [-0.1, -0.05) is 69.8 Å². The summed E-state index contributed by atoms with van der Waals surface area (Å²) in [7, 11) is 1.71. The van der Waals surface area contributed by atoms with Crippen LogP contribution in [-0.2, 0) is 9.59 Å². The van der Waals surface area contributed by atoms with E-state index in [1.165, 1.54) is 44.9 Å². The smallest absolute Gasteiger partial charge is 0.219 e. The van der Waals surface area contributed by atoms with Crippen molar-refractivity contribution in [3.8, 4) is 0 Å². The number of amides is 1. The van der Waals surface area contributed by atoms with Crippen LogP contribution in [0.5, 0.6) is 0 Å². The summed E-state index contributed by atoms with van der Waals surface area (Å²) in [5.74, 6) is 4.56. The van der Waals surface area contributed by atoms with Gasteiger partial charge >= 0.3 is 0 Å². The quantitative estimate of drug-likeness (QED) is 0.264. The number of hydrogen-bond acceptors (Lipinski definition) is 2. The Bertz CT molecular complexity index is 680. The van der Waals surface area contributed by atoms with Gasteiger partial charge in [0.05, 0.1) is 4.32 Å². The van der Waals surface area contributed by atoms with Crippen molar-refractivity contribution in [3.63, 3.8) is 0 Å². The highest BCUT2D eigenvalue weighted by Gasteiger charge is 2.63. The molecule has 4 heteroatoms. The Kier molecular flexibility index (Phi) is 8.26. The van der Waals surface area contributed by atoms with Crippen LogP contribution in [0.1, 0.15) is 105 Å². The number of carbonyl (C=O) groups excluding carboxylic acids is 2. The zero-order chi connectivity index (χ0) is 23.7. The monoisotopic (exact) mass is 509 g/mol. The third-order valence-electron chi connectivity index (χ3n) is 10.6. The summed E-state index contributed by atoms with van der Waals surface area (Å²) < 4.78 is -0.495. The van der Waals surface area contributed by atoms with Gasteiger partial charge in [-0.25, -0.2) is 0 Å². The van der Waals surface area contributed by atoms with Crippen LogP contribution < -0.4 is 5.32 Å². The maximum absolute atomic E-state index is 12.3. The van der Waals surface area contributed by atoms with Crippen LogP contribution in [0.15, 0.2) is 0 Å². The molecule has 0 aromatic rings. The highest BCUT2D eigenvalue weighted by Crippen LogP contribution is 2.68. The van der Waals surface area contributed by atoms with Gasteiger partial charge in [0.25, 0.3) is 0 Å². The first-order chi connectivity index (χ1) is 15.0. The number of alkyl halides is 1. The van der Waals surface area contributed by atoms with Crippen LogP contribution in [0.2, 0.25) is 0 Å². The van der Waals surface area contributed by atoms with Gasteiger partial charge in [0.15, 0.2) is 0 Å². The molecule has 32 heavy (non-hydrogen) atoms. The summed E-state index contributed by atoms with van der Waals surface area (Å²) in [4.78, 5) is 24.4. The minimum atomic E-state index is -0.495. The van der Waals surface area contributed by atoms with E-state index in [4.69, 9.17) is 0 Å². The summed E-state index contributed by atoms with van der Waals surface area (Å²) in [6.07, 6.45) is 13.8. The molecule has 0 unspecified atom stereocenters. The SMILES string of the molecule is CNC(=O)CC[C@]1(C)[C@H]2CC[C@]3(C)[C@@H]([C@H](C)CCCC(C)C)CC[C@H]3[C@@H]2CC[C@]1(Br)C=O. The van der Waals surface area contributed by atoms with E-state index in [1.54, 1.807) is 7.05 Å². The van der Waals surface area contributed by atoms with E-state index in [0.717, 1.165) is 49.2 Å². The van der Waals surface area contributed by atoms with Gasteiger partial charge in [0.1, 0.15) is 6.29 Å². The molecule has 0 aliphatic heterocycles. The Morgan fingerprint density at radius 2 is 1.78 bits per heavy atom. The first kappa shape index (κ1) is 26.2. The number of hydrogen-bond donors (Lipinski definition) is 1. The summed E-state index contributed by atoms with van der Waals surface area (Å²) >= 11 is 3.91. The Labute approximate surface area is 205 Å². The van der Waals surface area contributed by atoms with Gasteiger partial charge in [-0.15, -0.1) is 0 Å². The summed E-state index contributed by atoms with van der Waals surface area (Å²) in [6.45, 7) is 12.1. The largest absolute Gasteiger partial charge is 0.359 e. The summed E-state index contributed by atoms with van der Waals surface area (Å²) in [6, 6.07) is 0. The normalized spacial score (nSPS) is 42.2. The first-order valence-corrected chi connectivity index (χ1v) is 14.2. The minimum absolute atomic E-state index is 0.0888. The van der Waals surface area contributed by atoms with Crippen LogP contribution in [-0.4, -0.2) is 23.6 Å². The van der Waals surface area contributed by atoms with Crippen molar-refractivity contribution in [3.05, 3.63) is 0 Å². The lowest BCUT2D eigenvalue weighted by molar-refractivity contribution is -0.130. The molecule has 0 aromatic heterocycles. The van der Waals surface area contributed by atoms with Crippen molar-refractivity contribution in [2.45, 2.75) is 110 Å². The standard InChI is InChI=1S/C28H48BrNO2/c1-19(2)8-7-9-20(3)22-10-11-23-21-12-17-28(29,18-31)27(5,16-14-25(32)30-6)24(21)13-15-26(22,23)4/h18-24H,7-17H2,1-6H3,(H,30,32)/t20-,21+,22-,23+,24+,26-,27-,28+/m1/s1. The van der Waals surface area contributed by atoms with Crippen molar-refractivity contribution >= 4 is 28.1 Å². The lowest BCUT2D eigenvalue weighted by Gasteiger charge is -2.61. The molecular formula is C28H48BrNO2. The average molecular weight is 511 g/mol. The van der Waals surface area contributed by atoms with Crippen LogP contribution in [0.4, 0.5) is 0 Å². The molecule has 0 aromatic carbocycles. The van der Waals surface area contributed by atoms with E-state index < -0.39 is 4.32 Å². The van der Waals surface area contributed by atoms with Crippen molar-refractivity contribution in [2.24, 2.45) is 46.3 Å².